The van der Waals surface area contributed by atoms with Crippen LogP contribution in [0.4, 0.5) is 5.69 Å². The standard InChI is InChI=1S/C9H17N3O/c1-5-12-9(13)7(10)8(6(2)3)11(12)4/h6H,5,10H2,1-4H3. The van der Waals surface area contributed by atoms with E-state index in [9.17, 15) is 4.79 Å². The minimum Gasteiger partial charge on any atom is -0.393 e. The molecule has 0 saturated heterocycles. The average Bonchev–Trinajstić information content (AvgIpc) is 2.24. The number of nitrogens with two attached hydrogens (primary N) is 1. The SMILES string of the molecule is CCn1c(=O)c(N)c(C(C)C)n1C. The molecule has 4 nitrogen and oxygen atoms in total. The van der Waals surface area contributed by atoms with Crippen molar-refractivity contribution in [3.63, 3.8) is 0 Å². The maximum atomic E-state index is 11.6. The third-order valence-corrected chi connectivity index (χ3v) is 2.30. The maximum absolute atomic E-state index is 11.6. The lowest BCUT2D eigenvalue weighted by Crippen LogP contribution is -2.21. The lowest BCUT2D eigenvalue weighted by atomic mass is 10.1. The van der Waals surface area contributed by atoms with Gasteiger partial charge in [-0.1, -0.05) is 13.8 Å². The molecule has 0 amide bonds. The van der Waals surface area contributed by atoms with Gasteiger partial charge in [0.25, 0.3) is 5.56 Å². The summed E-state index contributed by atoms with van der Waals surface area (Å²) in [5, 5.41) is 0. The van der Waals surface area contributed by atoms with E-state index < -0.39 is 0 Å². The monoisotopic (exact) mass is 183 g/mol. The molecule has 1 heterocycles. The van der Waals surface area contributed by atoms with Crippen molar-refractivity contribution in [1.82, 2.24) is 9.36 Å². The van der Waals surface area contributed by atoms with Gasteiger partial charge in [-0.25, -0.2) is 4.68 Å². The molecule has 0 aliphatic rings. The van der Waals surface area contributed by atoms with Crippen LogP contribution in [-0.2, 0) is 13.6 Å². The zero-order chi connectivity index (χ0) is 10.2. The highest BCUT2D eigenvalue weighted by Crippen LogP contribution is 2.18. The highest BCUT2D eigenvalue weighted by atomic mass is 16.1. The van der Waals surface area contributed by atoms with Crippen LogP contribution in [0.2, 0.25) is 0 Å². The minimum atomic E-state index is -0.0753. The summed E-state index contributed by atoms with van der Waals surface area (Å²) in [6, 6.07) is 0. The van der Waals surface area contributed by atoms with E-state index in [4.69, 9.17) is 5.73 Å². The van der Waals surface area contributed by atoms with E-state index in [0.29, 0.717) is 12.2 Å². The summed E-state index contributed by atoms with van der Waals surface area (Å²) in [5.41, 5.74) is 6.96. The van der Waals surface area contributed by atoms with Crippen LogP contribution in [0.5, 0.6) is 0 Å². The third kappa shape index (κ3) is 1.36. The Morgan fingerprint density at radius 1 is 1.46 bits per heavy atom. The molecule has 13 heavy (non-hydrogen) atoms. The quantitative estimate of drug-likeness (QED) is 0.741. The van der Waals surface area contributed by atoms with Gasteiger partial charge in [-0.15, -0.1) is 0 Å². The van der Waals surface area contributed by atoms with Gasteiger partial charge in [-0.2, -0.15) is 0 Å². The largest absolute Gasteiger partial charge is 0.393 e. The number of nitrogen functional groups attached to an aromatic ring is 1. The Morgan fingerprint density at radius 3 is 2.23 bits per heavy atom. The molecule has 0 radical (unpaired) electrons. The van der Waals surface area contributed by atoms with E-state index in [2.05, 4.69) is 0 Å². The molecule has 0 unspecified atom stereocenters. The zero-order valence-electron chi connectivity index (χ0n) is 8.66. The van der Waals surface area contributed by atoms with Gasteiger partial charge in [0, 0.05) is 13.6 Å². The molecule has 1 aromatic heterocycles. The topological polar surface area (TPSA) is 52.9 Å². The van der Waals surface area contributed by atoms with Crippen LogP contribution in [0, 0.1) is 0 Å². The molecule has 0 atom stereocenters. The fraction of sp³-hybridized carbons (Fsp3) is 0.667. The Labute approximate surface area is 77.9 Å². The van der Waals surface area contributed by atoms with Crippen molar-refractivity contribution in [1.29, 1.82) is 0 Å². The highest BCUT2D eigenvalue weighted by Gasteiger charge is 2.16. The molecular formula is C9H17N3O. The van der Waals surface area contributed by atoms with Crippen molar-refractivity contribution < 1.29 is 0 Å². The molecule has 0 bridgehead atoms. The van der Waals surface area contributed by atoms with Gasteiger partial charge < -0.3 is 5.73 Å². The number of nitrogens with zero attached hydrogens (tertiary/aromatic N) is 2. The van der Waals surface area contributed by atoms with Crippen molar-refractivity contribution in [2.45, 2.75) is 33.2 Å². The molecule has 1 aromatic rings. The molecule has 0 aliphatic heterocycles. The smallest absolute Gasteiger partial charge is 0.290 e. The molecule has 0 fully saturated rings. The predicted octanol–water partition coefficient (Wildman–Crippen LogP) is 0.912. The molecule has 74 valence electrons. The van der Waals surface area contributed by atoms with E-state index in [1.807, 2.05) is 32.5 Å². The van der Waals surface area contributed by atoms with Crippen LogP contribution in [0.25, 0.3) is 0 Å². The van der Waals surface area contributed by atoms with Crippen LogP contribution in [0.1, 0.15) is 32.4 Å². The molecular weight excluding hydrogens is 166 g/mol. The Balaban J connectivity index is 3.46. The van der Waals surface area contributed by atoms with E-state index in [0.717, 1.165) is 5.69 Å². The van der Waals surface area contributed by atoms with Crippen molar-refractivity contribution in [3.8, 4) is 0 Å². The summed E-state index contributed by atoms with van der Waals surface area (Å²) < 4.78 is 3.49. The molecule has 0 aromatic carbocycles. The first-order valence-corrected chi connectivity index (χ1v) is 4.55. The fourth-order valence-corrected chi connectivity index (χ4v) is 1.73. The lowest BCUT2D eigenvalue weighted by Gasteiger charge is -2.10. The fourth-order valence-electron chi connectivity index (χ4n) is 1.73. The Bertz CT molecular complexity index is 360. The van der Waals surface area contributed by atoms with Crippen LogP contribution < -0.4 is 11.3 Å². The third-order valence-electron chi connectivity index (χ3n) is 2.30. The minimum absolute atomic E-state index is 0.0753. The summed E-state index contributed by atoms with van der Waals surface area (Å²) in [6.45, 7) is 6.66. The second-order valence-corrected chi connectivity index (χ2v) is 3.50. The van der Waals surface area contributed by atoms with Gasteiger partial charge in [0.05, 0.1) is 5.69 Å². The Kier molecular flexibility index (Phi) is 2.50. The van der Waals surface area contributed by atoms with Crippen molar-refractivity contribution in [2.24, 2.45) is 7.05 Å². The van der Waals surface area contributed by atoms with Crippen molar-refractivity contribution in [3.05, 3.63) is 16.0 Å². The van der Waals surface area contributed by atoms with Gasteiger partial charge in [0.15, 0.2) is 0 Å². The summed E-state index contributed by atoms with van der Waals surface area (Å²) in [5.74, 6) is 0.283. The van der Waals surface area contributed by atoms with Crippen LogP contribution in [-0.4, -0.2) is 9.36 Å². The number of aromatic nitrogens is 2. The average molecular weight is 183 g/mol. The molecule has 0 spiro atoms. The van der Waals surface area contributed by atoms with Gasteiger partial charge in [-0.05, 0) is 12.8 Å². The van der Waals surface area contributed by atoms with Crippen molar-refractivity contribution >= 4 is 5.69 Å². The summed E-state index contributed by atoms with van der Waals surface area (Å²) in [6.07, 6.45) is 0. The summed E-state index contributed by atoms with van der Waals surface area (Å²) in [4.78, 5) is 11.6. The zero-order valence-corrected chi connectivity index (χ0v) is 8.66. The van der Waals surface area contributed by atoms with Gasteiger partial charge >= 0.3 is 0 Å². The van der Waals surface area contributed by atoms with Crippen LogP contribution >= 0.6 is 0 Å². The first-order valence-electron chi connectivity index (χ1n) is 4.55. The number of hydrogen-bond acceptors (Lipinski definition) is 2. The summed E-state index contributed by atoms with van der Waals surface area (Å²) >= 11 is 0. The second kappa shape index (κ2) is 3.28. The predicted molar refractivity (Wildman–Crippen MR) is 53.8 cm³/mol. The van der Waals surface area contributed by atoms with E-state index in [-0.39, 0.29) is 11.5 Å². The van der Waals surface area contributed by atoms with E-state index >= 15 is 0 Å². The van der Waals surface area contributed by atoms with Crippen molar-refractivity contribution in [2.75, 3.05) is 5.73 Å². The Morgan fingerprint density at radius 2 is 2.00 bits per heavy atom. The molecule has 1 rings (SSSR count). The second-order valence-electron chi connectivity index (χ2n) is 3.50. The van der Waals surface area contributed by atoms with E-state index in [1.54, 1.807) is 4.68 Å². The maximum Gasteiger partial charge on any atom is 0.290 e. The number of hydrogen-bond donors (Lipinski definition) is 1. The number of anilines is 1. The highest BCUT2D eigenvalue weighted by molar-refractivity contribution is 5.43. The normalized spacial score (nSPS) is 11.2. The first-order chi connectivity index (χ1) is 6.00. The van der Waals surface area contributed by atoms with Crippen LogP contribution in [0.15, 0.2) is 4.79 Å². The molecule has 0 saturated carbocycles. The molecule has 2 N–H and O–H groups in total. The van der Waals surface area contributed by atoms with Gasteiger partial charge in [-0.3, -0.25) is 9.48 Å². The van der Waals surface area contributed by atoms with Gasteiger partial charge in [0.2, 0.25) is 0 Å². The molecule has 4 heteroatoms. The lowest BCUT2D eigenvalue weighted by molar-refractivity contribution is 0.495. The molecule has 0 aliphatic carbocycles. The number of rotatable bonds is 2. The van der Waals surface area contributed by atoms with Gasteiger partial charge in [0.1, 0.15) is 5.69 Å². The van der Waals surface area contributed by atoms with Crippen LogP contribution in [0.3, 0.4) is 0 Å². The Hall–Kier alpha value is -1.19. The first kappa shape index (κ1) is 9.89. The summed E-state index contributed by atoms with van der Waals surface area (Å²) in [7, 11) is 1.87. The van der Waals surface area contributed by atoms with E-state index in [1.165, 1.54) is 0 Å².